The van der Waals surface area contributed by atoms with E-state index in [4.69, 9.17) is 0 Å². The van der Waals surface area contributed by atoms with Crippen molar-refractivity contribution in [3.63, 3.8) is 0 Å². The van der Waals surface area contributed by atoms with Crippen molar-refractivity contribution in [2.45, 2.75) is 53.5 Å². The van der Waals surface area contributed by atoms with Gasteiger partial charge in [0, 0.05) is 12.6 Å². The molecule has 0 fully saturated rings. The van der Waals surface area contributed by atoms with E-state index < -0.39 is 0 Å². The van der Waals surface area contributed by atoms with Crippen LogP contribution in [-0.2, 0) is 0 Å². The largest absolute Gasteiger partial charge is 0.309 e. The van der Waals surface area contributed by atoms with Gasteiger partial charge in [0.05, 0.1) is 0 Å². The zero-order valence-electron chi connectivity index (χ0n) is 12.7. The first-order chi connectivity index (χ1) is 8.48. The third kappa shape index (κ3) is 4.81. The van der Waals surface area contributed by atoms with Crippen LogP contribution in [0.5, 0.6) is 0 Å². The Morgan fingerprint density at radius 1 is 1.00 bits per heavy atom. The van der Waals surface area contributed by atoms with Gasteiger partial charge in [-0.1, -0.05) is 77.8 Å². The molecule has 1 heteroatoms. The first-order valence-corrected chi connectivity index (χ1v) is 7.26. The zero-order chi connectivity index (χ0) is 13.6. The molecule has 0 aliphatic heterocycles. The lowest BCUT2D eigenvalue weighted by Gasteiger charge is -2.30. The van der Waals surface area contributed by atoms with E-state index in [9.17, 15) is 0 Å². The van der Waals surface area contributed by atoms with Crippen LogP contribution < -0.4 is 5.32 Å². The highest BCUT2D eigenvalue weighted by Gasteiger charge is 2.21. The number of rotatable bonds is 6. The molecule has 0 saturated carbocycles. The summed E-state index contributed by atoms with van der Waals surface area (Å²) in [5.74, 6) is 0.717. The second-order valence-corrected chi connectivity index (χ2v) is 6.41. The van der Waals surface area contributed by atoms with Gasteiger partial charge in [-0.2, -0.15) is 0 Å². The smallest absolute Gasteiger partial charge is 0.0348 e. The quantitative estimate of drug-likeness (QED) is 0.761. The summed E-state index contributed by atoms with van der Waals surface area (Å²) >= 11 is 0. The SMILES string of the molecule is CCC(CC)C(NCC(C)(C)C)c1ccccc1. The Morgan fingerprint density at radius 2 is 1.56 bits per heavy atom. The first kappa shape index (κ1) is 15.2. The maximum atomic E-state index is 3.78. The van der Waals surface area contributed by atoms with Gasteiger partial charge < -0.3 is 5.32 Å². The summed E-state index contributed by atoms with van der Waals surface area (Å²) in [4.78, 5) is 0. The van der Waals surface area contributed by atoms with Crippen molar-refractivity contribution >= 4 is 0 Å². The molecule has 1 rings (SSSR count). The highest BCUT2D eigenvalue weighted by Crippen LogP contribution is 2.28. The molecule has 1 N–H and O–H groups in total. The molecule has 0 aromatic heterocycles. The molecule has 1 aromatic carbocycles. The van der Waals surface area contributed by atoms with Crippen molar-refractivity contribution < 1.29 is 0 Å². The summed E-state index contributed by atoms with van der Waals surface area (Å²) in [6.07, 6.45) is 2.46. The van der Waals surface area contributed by atoms with Gasteiger partial charge in [0.1, 0.15) is 0 Å². The lowest BCUT2D eigenvalue weighted by molar-refractivity contribution is 0.288. The minimum atomic E-state index is 0.332. The van der Waals surface area contributed by atoms with Crippen molar-refractivity contribution in [3.8, 4) is 0 Å². The Hall–Kier alpha value is -0.820. The van der Waals surface area contributed by atoms with E-state index in [0.717, 1.165) is 12.5 Å². The Morgan fingerprint density at radius 3 is 2.00 bits per heavy atom. The molecular weight excluding hydrogens is 218 g/mol. The van der Waals surface area contributed by atoms with Crippen molar-refractivity contribution in [1.82, 2.24) is 5.32 Å². The van der Waals surface area contributed by atoms with Crippen LogP contribution in [0.2, 0.25) is 0 Å². The van der Waals surface area contributed by atoms with E-state index in [1.165, 1.54) is 18.4 Å². The molecule has 1 unspecified atom stereocenters. The topological polar surface area (TPSA) is 12.0 Å². The monoisotopic (exact) mass is 247 g/mol. The number of hydrogen-bond acceptors (Lipinski definition) is 1. The van der Waals surface area contributed by atoms with E-state index in [0.29, 0.717) is 11.5 Å². The summed E-state index contributed by atoms with van der Waals surface area (Å²) in [5.41, 5.74) is 1.76. The maximum Gasteiger partial charge on any atom is 0.0348 e. The van der Waals surface area contributed by atoms with Crippen LogP contribution in [0.15, 0.2) is 30.3 Å². The van der Waals surface area contributed by atoms with Gasteiger partial charge in [0.15, 0.2) is 0 Å². The van der Waals surface area contributed by atoms with Crippen LogP contribution >= 0.6 is 0 Å². The second-order valence-electron chi connectivity index (χ2n) is 6.41. The van der Waals surface area contributed by atoms with E-state index in [-0.39, 0.29) is 0 Å². The first-order valence-electron chi connectivity index (χ1n) is 7.26. The molecule has 0 bridgehead atoms. The van der Waals surface area contributed by atoms with Crippen LogP contribution in [0.1, 0.15) is 59.1 Å². The van der Waals surface area contributed by atoms with Crippen LogP contribution in [0.4, 0.5) is 0 Å². The standard InChI is InChI=1S/C17H29N/c1-6-14(7-2)16(18-13-17(3,4)5)15-11-9-8-10-12-15/h8-12,14,16,18H,6-7,13H2,1-5H3. The molecule has 0 spiro atoms. The molecule has 0 amide bonds. The van der Waals surface area contributed by atoms with E-state index >= 15 is 0 Å². The third-order valence-electron chi connectivity index (χ3n) is 3.53. The fourth-order valence-electron chi connectivity index (χ4n) is 2.39. The molecule has 102 valence electrons. The average molecular weight is 247 g/mol. The fourth-order valence-corrected chi connectivity index (χ4v) is 2.39. The van der Waals surface area contributed by atoms with E-state index in [1.807, 2.05) is 0 Å². The lowest BCUT2D eigenvalue weighted by atomic mass is 9.87. The van der Waals surface area contributed by atoms with Crippen molar-refractivity contribution in [1.29, 1.82) is 0 Å². The molecular formula is C17H29N. The van der Waals surface area contributed by atoms with E-state index in [2.05, 4.69) is 70.3 Å². The third-order valence-corrected chi connectivity index (χ3v) is 3.53. The number of nitrogens with one attached hydrogen (secondary N) is 1. The lowest BCUT2D eigenvalue weighted by Crippen LogP contribution is -2.34. The van der Waals surface area contributed by atoms with Crippen LogP contribution in [0.25, 0.3) is 0 Å². The number of benzene rings is 1. The molecule has 0 aliphatic rings. The van der Waals surface area contributed by atoms with Gasteiger partial charge in [-0.3, -0.25) is 0 Å². The fraction of sp³-hybridized carbons (Fsp3) is 0.647. The highest BCUT2D eigenvalue weighted by atomic mass is 14.9. The van der Waals surface area contributed by atoms with Gasteiger partial charge in [0.2, 0.25) is 0 Å². The Bertz CT molecular complexity index is 319. The van der Waals surface area contributed by atoms with Crippen LogP contribution in [0, 0.1) is 11.3 Å². The van der Waals surface area contributed by atoms with Gasteiger partial charge in [-0.05, 0) is 16.9 Å². The molecule has 0 saturated heterocycles. The highest BCUT2D eigenvalue weighted by molar-refractivity contribution is 5.19. The van der Waals surface area contributed by atoms with Gasteiger partial charge in [-0.15, -0.1) is 0 Å². The second kappa shape index (κ2) is 6.94. The van der Waals surface area contributed by atoms with Crippen LogP contribution in [-0.4, -0.2) is 6.54 Å². The molecule has 0 radical (unpaired) electrons. The van der Waals surface area contributed by atoms with Crippen molar-refractivity contribution in [3.05, 3.63) is 35.9 Å². The molecule has 1 atom stereocenters. The Balaban J connectivity index is 2.82. The van der Waals surface area contributed by atoms with Gasteiger partial charge >= 0.3 is 0 Å². The summed E-state index contributed by atoms with van der Waals surface area (Å²) in [7, 11) is 0. The van der Waals surface area contributed by atoms with Gasteiger partial charge in [-0.25, -0.2) is 0 Å². The van der Waals surface area contributed by atoms with Crippen LogP contribution in [0.3, 0.4) is 0 Å². The molecule has 18 heavy (non-hydrogen) atoms. The number of hydrogen-bond donors (Lipinski definition) is 1. The predicted octanol–water partition coefficient (Wildman–Crippen LogP) is 4.80. The minimum absolute atomic E-state index is 0.332. The predicted molar refractivity (Wildman–Crippen MR) is 80.7 cm³/mol. The Kier molecular flexibility index (Phi) is 5.87. The summed E-state index contributed by atoms with van der Waals surface area (Å²) in [6, 6.07) is 11.4. The molecule has 0 heterocycles. The molecule has 1 aromatic rings. The van der Waals surface area contributed by atoms with Gasteiger partial charge in [0.25, 0.3) is 0 Å². The normalized spacial score (nSPS) is 13.9. The average Bonchev–Trinajstić information content (AvgIpc) is 2.34. The summed E-state index contributed by atoms with van der Waals surface area (Å²) in [6.45, 7) is 12.5. The molecule has 1 nitrogen and oxygen atoms in total. The minimum Gasteiger partial charge on any atom is -0.309 e. The van der Waals surface area contributed by atoms with E-state index in [1.54, 1.807) is 0 Å². The maximum absolute atomic E-state index is 3.78. The Labute approximate surface area is 113 Å². The summed E-state index contributed by atoms with van der Waals surface area (Å²) in [5, 5.41) is 3.78. The van der Waals surface area contributed by atoms with Crippen molar-refractivity contribution in [2.75, 3.05) is 6.54 Å². The molecule has 0 aliphatic carbocycles. The van der Waals surface area contributed by atoms with Crippen molar-refractivity contribution in [2.24, 2.45) is 11.3 Å². The summed E-state index contributed by atoms with van der Waals surface area (Å²) < 4.78 is 0. The zero-order valence-corrected chi connectivity index (χ0v) is 12.7.